The number of hydrogen-bond acceptors (Lipinski definition) is 6. The first-order chi connectivity index (χ1) is 19.6. The van der Waals surface area contributed by atoms with Gasteiger partial charge in [-0.3, -0.25) is 5.10 Å². The van der Waals surface area contributed by atoms with E-state index in [9.17, 15) is 4.79 Å². The van der Waals surface area contributed by atoms with Gasteiger partial charge in [0.05, 0.1) is 6.20 Å². The number of fused-ring (bicyclic) bond motifs is 1. The number of benzene rings is 2. The molecule has 204 valence electrons. The van der Waals surface area contributed by atoms with Gasteiger partial charge in [0, 0.05) is 55.4 Å². The van der Waals surface area contributed by atoms with Crippen molar-refractivity contribution in [3.05, 3.63) is 78.2 Å². The lowest BCUT2D eigenvalue weighted by molar-refractivity contribution is 0.0737. The third-order valence-electron chi connectivity index (χ3n) is 8.86. The van der Waals surface area contributed by atoms with Gasteiger partial charge >= 0.3 is 6.03 Å². The molecule has 4 aromatic rings. The number of nitrogens with one attached hydrogen (secondary N) is 3. The molecule has 9 heteroatoms. The number of amides is 2. The lowest BCUT2D eigenvalue weighted by Gasteiger charge is -2.45. The number of anilines is 2. The van der Waals surface area contributed by atoms with Crippen LogP contribution >= 0.6 is 0 Å². The van der Waals surface area contributed by atoms with Gasteiger partial charge in [0.15, 0.2) is 5.82 Å². The molecule has 0 atom stereocenters. The second-order valence-electron chi connectivity index (χ2n) is 11.3. The molecule has 40 heavy (non-hydrogen) atoms. The number of piperidine rings is 2. The van der Waals surface area contributed by atoms with Crippen LogP contribution < -0.4 is 10.6 Å². The van der Waals surface area contributed by atoms with E-state index in [-0.39, 0.29) is 6.03 Å². The largest absolute Gasteiger partial charge is 0.340 e. The fourth-order valence-corrected chi connectivity index (χ4v) is 6.37. The quantitative estimate of drug-likeness (QED) is 0.334. The highest BCUT2D eigenvalue weighted by molar-refractivity contribution is 5.76. The number of carbonyl (C=O) groups excluding carboxylic acids is 1. The first-order valence-corrected chi connectivity index (χ1v) is 14.2. The zero-order valence-electron chi connectivity index (χ0n) is 22.6. The van der Waals surface area contributed by atoms with E-state index in [4.69, 9.17) is 4.98 Å². The number of urea groups is 1. The Kier molecular flexibility index (Phi) is 6.43. The van der Waals surface area contributed by atoms with Gasteiger partial charge in [0.1, 0.15) is 5.82 Å². The number of aromatic nitrogens is 4. The SMILES string of the molecule is O=C(N1CCC2(CCNCC2)CC1)N1Cc2ccc(-c3nccc(Nc4ccc(-c5cn[nH]c5)cc4)n3)cc2C1. The molecular formula is C31H34N8O. The van der Waals surface area contributed by atoms with Gasteiger partial charge in [0.2, 0.25) is 0 Å². The second kappa shape index (κ2) is 10.4. The smallest absolute Gasteiger partial charge is 0.320 e. The normalized spacial score (nSPS) is 18.1. The van der Waals surface area contributed by atoms with Crippen LogP contribution in [0.2, 0.25) is 0 Å². The van der Waals surface area contributed by atoms with Crippen molar-refractivity contribution in [2.24, 2.45) is 5.41 Å². The van der Waals surface area contributed by atoms with Gasteiger partial charge in [0.25, 0.3) is 0 Å². The summed E-state index contributed by atoms with van der Waals surface area (Å²) in [5.41, 5.74) is 6.87. The van der Waals surface area contributed by atoms with Crippen LogP contribution in [0.4, 0.5) is 16.3 Å². The van der Waals surface area contributed by atoms with E-state index in [1.165, 1.54) is 24.0 Å². The predicted octanol–water partition coefficient (Wildman–Crippen LogP) is 5.18. The Balaban J connectivity index is 1.00. The number of hydrogen-bond donors (Lipinski definition) is 3. The molecule has 0 saturated carbocycles. The second-order valence-corrected chi connectivity index (χ2v) is 11.3. The fraction of sp³-hybridized carbons (Fsp3) is 0.355. The Bertz CT molecular complexity index is 1480. The molecule has 3 N–H and O–H groups in total. The maximum Gasteiger partial charge on any atom is 0.320 e. The molecule has 9 nitrogen and oxygen atoms in total. The van der Waals surface area contributed by atoms with E-state index < -0.39 is 0 Å². The maximum absolute atomic E-state index is 13.4. The molecule has 2 fully saturated rings. The summed E-state index contributed by atoms with van der Waals surface area (Å²) in [7, 11) is 0. The lowest BCUT2D eigenvalue weighted by atomic mass is 9.72. The van der Waals surface area contributed by atoms with Crippen LogP contribution in [0, 0.1) is 5.41 Å². The van der Waals surface area contributed by atoms with Gasteiger partial charge < -0.3 is 20.4 Å². The first-order valence-electron chi connectivity index (χ1n) is 14.2. The molecule has 0 radical (unpaired) electrons. The Labute approximate surface area is 234 Å². The molecule has 7 rings (SSSR count). The molecule has 0 unspecified atom stereocenters. The highest BCUT2D eigenvalue weighted by Crippen LogP contribution is 2.40. The van der Waals surface area contributed by atoms with Crippen molar-refractivity contribution in [3.8, 4) is 22.5 Å². The van der Waals surface area contributed by atoms with Crippen LogP contribution in [0.25, 0.3) is 22.5 Å². The van der Waals surface area contributed by atoms with Gasteiger partial charge in [-0.15, -0.1) is 0 Å². The average molecular weight is 535 g/mol. The lowest BCUT2D eigenvalue weighted by Crippen LogP contribution is -2.50. The van der Waals surface area contributed by atoms with E-state index in [1.54, 1.807) is 6.20 Å². The average Bonchev–Trinajstić information content (AvgIpc) is 3.69. The highest BCUT2D eigenvalue weighted by Gasteiger charge is 2.38. The Morgan fingerprint density at radius 2 is 1.62 bits per heavy atom. The van der Waals surface area contributed by atoms with Crippen molar-refractivity contribution in [2.45, 2.75) is 38.8 Å². The molecule has 3 aliphatic heterocycles. The predicted molar refractivity (Wildman–Crippen MR) is 155 cm³/mol. The minimum absolute atomic E-state index is 0.169. The number of likely N-dealkylation sites (tertiary alicyclic amines) is 1. The van der Waals surface area contributed by atoms with Crippen molar-refractivity contribution in [1.29, 1.82) is 0 Å². The van der Waals surface area contributed by atoms with Crippen LogP contribution in [0.3, 0.4) is 0 Å². The van der Waals surface area contributed by atoms with Crippen LogP contribution in [0.15, 0.2) is 67.1 Å². The first kappa shape index (κ1) is 24.8. The van der Waals surface area contributed by atoms with Crippen LogP contribution in [0.5, 0.6) is 0 Å². The van der Waals surface area contributed by atoms with Crippen LogP contribution in [0.1, 0.15) is 36.8 Å². The molecule has 2 aromatic carbocycles. The number of rotatable bonds is 4. The Morgan fingerprint density at radius 1 is 0.850 bits per heavy atom. The standard InChI is InChI=1S/C31H34N8O/c40-30(38-15-10-31(11-16-38)8-13-32-14-9-31)39-20-24-2-1-23(17-25(24)21-39)29-33-12-7-28(37-29)36-27-5-3-22(4-6-27)26-18-34-35-19-26/h1-7,12,17-19,32H,8-11,13-16,20-21H2,(H,34,35)(H,33,36,37). The van der Waals surface area contributed by atoms with Crippen LogP contribution in [-0.2, 0) is 13.1 Å². The molecule has 2 saturated heterocycles. The van der Waals surface area contributed by atoms with Crippen LogP contribution in [-0.4, -0.2) is 62.2 Å². The van der Waals surface area contributed by atoms with E-state index in [0.29, 0.717) is 24.3 Å². The number of H-pyrrole nitrogens is 1. The molecule has 1 spiro atoms. The Hall–Kier alpha value is -4.24. The van der Waals surface area contributed by atoms with Crippen molar-refractivity contribution < 1.29 is 4.79 Å². The van der Waals surface area contributed by atoms with Crippen molar-refractivity contribution in [2.75, 3.05) is 31.5 Å². The summed E-state index contributed by atoms with van der Waals surface area (Å²) in [4.78, 5) is 26.8. The maximum atomic E-state index is 13.4. The van der Waals surface area contributed by atoms with Crippen molar-refractivity contribution >= 4 is 17.5 Å². The Morgan fingerprint density at radius 3 is 2.40 bits per heavy atom. The van der Waals surface area contributed by atoms with Gasteiger partial charge in [-0.05, 0) is 85.1 Å². The van der Waals surface area contributed by atoms with E-state index >= 15 is 0 Å². The van der Waals surface area contributed by atoms with E-state index in [1.807, 2.05) is 35.5 Å². The third kappa shape index (κ3) is 4.93. The molecule has 0 aliphatic carbocycles. The van der Waals surface area contributed by atoms with Crippen molar-refractivity contribution in [3.63, 3.8) is 0 Å². The van der Waals surface area contributed by atoms with E-state index in [0.717, 1.165) is 67.2 Å². The highest BCUT2D eigenvalue weighted by atomic mass is 16.2. The zero-order chi connectivity index (χ0) is 26.9. The number of aromatic amines is 1. The summed E-state index contributed by atoms with van der Waals surface area (Å²) < 4.78 is 0. The third-order valence-corrected chi connectivity index (χ3v) is 8.86. The van der Waals surface area contributed by atoms with E-state index in [2.05, 4.69) is 61.0 Å². The summed E-state index contributed by atoms with van der Waals surface area (Å²) in [6.45, 7) is 5.26. The molecule has 0 bridgehead atoms. The number of nitrogens with zero attached hydrogens (tertiary/aromatic N) is 5. The molecular weight excluding hydrogens is 500 g/mol. The summed E-state index contributed by atoms with van der Waals surface area (Å²) in [6.07, 6.45) is 10.2. The fourth-order valence-electron chi connectivity index (χ4n) is 6.37. The molecule has 2 aromatic heterocycles. The van der Waals surface area contributed by atoms with Gasteiger partial charge in [-0.1, -0.05) is 24.3 Å². The van der Waals surface area contributed by atoms with Gasteiger partial charge in [-0.2, -0.15) is 5.10 Å². The monoisotopic (exact) mass is 534 g/mol. The van der Waals surface area contributed by atoms with Gasteiger partial charge in [-0.25, -0.2) is 14.8 Å². The summed E-state index contributed by atoms with van der Waals surface area (Å²) in [5.74, 6) is 1.39. The number of carbonyl (C=O) groups is 1. The summed E-state index contributed by atoms with van der Waals surface area (Å²) >= 11 is 0. The topological polar surface area (TPSA) is 102 Å². The molecule has 5 heterocycles. The minimum atomic E-state index is 0.169. The minimum Gasteiger partial charge on any atom is -0.340 e. The molecule has 3 aliphatic rings. The summed E-state index contributed by atoms with van der Waals surface area (Å²) in [6, 6.07) is 16.5. The summed E-state index contributed by atoms with van der Waals surface area (Å²) in [5, 5.41) is 13.7. The van der Waals surface area contributed by atoms with Crippen molar-refractivity contribution in [1.82, 2.24) is 35.3 Å². The zero-order valence-corrected chi connectivity index (χ0v) is 22.6. The molecule has 2 amide bonds.